The molecule has 7 heteroatoms. The maximum absolute atomic E-state index is 12.0. The summed E-state index contributed by atoms with van der Waals surface area (Å²) >= 11 is 0. The van der Waals surface area contributed by atoms with E-state index in [1.165, 1.54) is 0 Å². The zero-order valence-electron chi connectivity index (χ0n) is 11.2. The Kier molecular flexibility index (Phi) is 4.74. The molecule has 1 aliphatic rings. The van der Waals surface area contributed by atoms with Gasteiger partial charge in [-0.25, -0.2) is 4.79 Å². The first-order valence-electron chi connectivity index (χ1n) is 6.39. The van der Waals surface area contributed by atoms with Crippen molar-refractivity contribution in [3.8, 4) is 0 Å². The number of carbonyl (C=O) groups excluding carboxylic acids is 2. The Bertz CT molecular complexity index is 379. The molecule has 0 aromatic rings. The summed E-state index contributed by atoms with van der Waals surface area (Å²) in [5.41, 5.74) is 4.22. The summed E-state index contributed by atoms with van der Waals surface area (Å²) in [4.78, 5) is 33.9. The highest BCUT2D eigenvalue weighted by atomic mass is 16.4. The molecule has 1 saturated carbocycles. The van der Waals surface area contributed by atoms with Gasteiger partial charge in [-0.3, -0.25) is 9.59 Å². The van der Waals surface area contributed by atoms with Gasteiger partial charge >= 0.3 is 12.0 Å². The molecule has 1 rings (SSSR count). The topological polar surface area (TPSA) is 122 Å². The molecular formula is C12H21N3O4. The van der Waals surface area contributed by atoms with E-state index in [2.05, 4.69) is 10.6 Å². The highest BCUT2D eigenvalue weighted by Gasteiger charge is 2.50. The fourth-order valence-corrected chi connectivity index (χ4v) is 1.84. The Morgan fingerprint density at radius 3 is 2.32 bits per heavy atom. The predicted molar refractivity (Wildman–Crippen MR) is 68.3 cm³/mol. The molecule has 7 nitrogen and oxygen atoms in total. The summed E-state index contributed by atoms with van der Waals surface area (Å²) in [6.45, 7) is 3.81. The lowest BCUT2D eigenvalue weighted by Crippen LogP contribution is -2.52. The zero-order valence-corrected chi connectivity index (χ0v) is 11.2. The van der Waals surface area contributed by atoms with Gasteiger partial charge in [0, 0.05) is 6.54 Å². The number of nitrogens with one attached hydrogen (secondary N) is 2. The molecule has 0 spiro atoms. The molecule has 3 amide bonds. The van der Waals surface area contributed by atoms with Crippen molar-refractivity contribution in [2.45, 2.75) is 39.2 Å². The van der Waals surface area contributed by atoms with Crippen LogP contribution in [0.5, 0.6) is 0 Å². The number of carbonyl (C=O) groups is 3. The molecule has 0 aromatic heterocycles. The summed E-state index contributed by atoms with van der Waals surface area (Å²) in [6.07, 6.45) is 1.84. The second kappa shape index (κ2) is 5.90. The Balaban J connectivity index is 2.57. The normalized spacial score (nSPS) is 19.1. The van der Waals surface area contributed by atoms with Gasteiger partial charge in [-0.05, 0) is 18.8 Å². The van der Waals surface area contributed by atoms with Crippen LogP contribution in [0, 0.1) is 11.3 Å². The van der Waals surface area contributed by atoms with E-state index < -0.39 is 23.5 Å². The lowest BCUT2D eigenvalue weighted by atomic mass is 9.98. The smallest absolute Gasteiger partial charge is 0.312 e. The minimum atomic E-state index is -0.893. The average molecular weight is 271 g/mol. The molecule has 1 aliphatic carbocycles. The van der Waals surface area contributed by atoms with Crippen LogP contribution < -0.4 is 16.4 Å². The van der Waals surface area contributed by atoms with Crippen LogP contribution in [0.2, 0.25) is 0 Å². The molecule has 0 aliphatic heterocycles. The maximum atomic E-state index is 12.0. The molecule has 2 unspecified atom stereocenters. The maximum Gasteiger partial charge on any atom is 0.312 e. The quantitative estimate of drug-likeness (QED) is 0.522. The van der Waals surface area contributed by atoms with Gasteiger partial charge < -0.3 is 21.5 Å². The second-order valence-corrected chi connectivity index (χ2v) is 5.18. The van der Waals surface area contributed by atoms with Crippen molar-refractivity contribution in [1.82, 2.24) is 10.6 Å². The lowest BCUT2D eigenvalue weighted by molar-refractivity contribution is -0.143. The van der Waals surface area contributed by atoms with Crippen LogP contribution in [0.3, 0.4) is 0 Å². The van der Waals surface area contributed by atoms with E-state index in [-0.39, 0.29) is 18.4 Å². The van der Waals surface area contributed by atoms with Crippen LogP contribution >= 0.6 is 0 Å². The van der Waals surface area contributed by atoms with Gasteiger partial charge in [-0.2, -0.15) is 0 Å². The van der Waals surface area contributed by atoms with Gasteiger partial charge in [0.25, 0.3) is 0 Å². The molecule has 19 heavy (non-hydrogen) atoms. The molecule has 1 fully saturated rings. The van der Waals surface area contributed by atoms with Gasteiger partial charge in [0.1, 0.15) is 6.04 Å². The highest BCUT2D eigenvalue weighted by Crippen LogP contribution is 2.45. The Labute approximate surface area is 111 Å². The number of primary amides is 1. The number of rotatable bonds is 7. The monoisotopic (exact) mass is 271 g/mol. The van der Waals surface area contributed by atoms with Gasteiger partial charge in [0.2, 0.25) is 5.91 Å². The van der Waals surface area contributed by atoms with Crippen LogP contribution in [-0.4, -0.2) is 35.6 Å². The van der Waals surface area contributed by atoms with Crippen molar-refractivity contribution in [3.05, 3.63) is 0 Å². The van der Waals surface area contributed by atoms with E-state index in [4.69, 9.17) is 10.8 Å². The SMILES string of the molecule is CCC(C)C(NC(N)=O)C(=O)NCC1(C(=O)O)CC1. The van der Waals surface area contributed by atoms with Crippen molar-refractivity contribution in [2.24, 2.45) is 17.1 Å². The molecule has 0 saturated heterocycles. The average Bonchev–Trinajstić information content (AvgIpc) is 3.13. The zero-order chi connectivity index (χ0) is 14.6. The van der Waals surface area contributed by atoms with E-state index in [0.29, 0.717) is 19.3 Å². The van der Waals surface area contributed by atoms with Gasteiger partial charge in [0.15, 0.2) is 0 Å². The van der Waals surface area contributed by atoms with Crippen molar-refractivity contribution < 1.29 is 19.5 Å². The molecule has 0 radical (unpaired) electrons. The van der Waals surface area contributed by atoms with Crippen LogP contribution in [0.1, 0.15) is 33.1 Å². The molecule has 108 valence electrons. The fraction of sp³-hybridized carbons (Fsp3) is 0.750. The number of aliphatic carboxylic acids is 1. The Hall–Kier alpha value is -1.79. The Morgan fingerprint density at radius 2 is 1.95 bits per heavy atom. The lowest BCUT2D eigenvalue weighted by Gasteiger charge is -2.23. The number of hydrogen-bond acceptors (Lipinski definition) is 3. The molecule has 0 heterocycles. The number of amides is 3. The van der Waals surface area contributed by atoms with Crippen LogP contribution in [-0.2, 0) is 9.59 Å². The number of carboxylic acid groups (broad SMARTS) is 1. The van der Waals surface area contributed by atoms with E-state index in [9.17, 15) is 14.4 Å². The van der Waals surface area contributed by atoms with Gasteiger partial charge in [-0.1, -0.05) is 20.3 Å². The minimum Gasteiger partial charge on any atom is -0.481 e. The third kappa shape index (κ3) is 3.84. The van der Waals surface area contributed by atoms with Crippen molar-refractivity contribution >= 4 is 17.9 Å². The molecule has 0 aromatic carbocycles. The first kappa shape index (κ1) is 15.3. The summed E-state index contributed by atoms with van der Waals surface area (Å²) < 4.78 is 0. The Morgan fingerprint density at radius 1 is 1.37 bits per heavy atom. The molecule has 5 N–H and O–H groups in total. The first-order valence-corrected chi connectivity index (χ1v) is 6.39. The molecule has 0 bridgehead atoms. The van der Waals surface area contributed by atoms with Crippen LogP contribution in [0.25, 0.3) is 0 Å². The second-order valence-electron chi connectivity index (χ2n) is 5.18. The summed E-state index contributed by atoms with van der Waals surface area (Å²) in [5.74, 6) is -1.36. The van der Waals surface area contributed by atoms with Crippen molar-refractivity contribution in [3.63, 3.8) is 0 Å². The minimum absolute atomic E-state index is 0.0764. The number of nitrogens with two attached hydrogens (primary N) is 1. The van der Waals surface area contributed by atoms with Crippen molar-refractivity contribution in [1.29, 1.82) is 0 Å². The fourth-order valence-electron chi connectivity index (χ4n) is 1.84. The summed E-state index contributed by atoms with van der Waals surface area (Å²) in [5, 5.41) is 14.0. The third-order valence-corrected chi connectivity index (χ3v) is 3.70. The summed E-state index contributed by atoms with van der Waals surface area (Å²) in [6, 6.07) is -1.49. The molecule has 2 atom stereocenters. The third-order valence-electron chi connectivity index (χ3n) is 3.70. The van der Waals surface area contributed by atoms with Crippen LogP contribution in [0.4, 0.5) is 4.79 Å². The standard InChI is InChI=1S/C12H21N3O4/c1-3-7(2)8(15-11(13)19)9(16)14-6-12(4-5-12)10(17)18/h7-8H,3-6H2,1-2H3,(H,14,16)(H,17,18)(H3,13,15,19). The first-order chi connectivity index (χ1) is 8.82. The molecular weight excluding hydrogens is 250 g/mol. The number of carboxylic acids is 1. The predicted octanol–water partition coefficient (Wildman–Crippen LogP) is 0.0504. The van der Waals surface area contributed by atoms with Gasteiger partial charge in [0.05, 0.1) is 5.41 Å². The van der Waals surface area contributed by atoms with E-state index >= 15 is 0 Å². The number of hydrogen-bond donors (Lipinski definition) is 4. The highest BCUT2D eigenvalue weighted by molar-refractivity contribution is 5.87. The van der Waals surface area contributed by atoms with Crippen LogP contribution in [0.15, 0.2) is 0 Å². The number of urea groups is 1. The van der Waals surface area contributed by atoms with E-state index in [1.807, 2.05) is 13.8 Å². The van der Waals surface area contributed by atoms with E-state index in [1.54, 1.807) is 0 Å². The largest absolute Gasteiger partial charge is 0.481 e. The van der Waals surface area contributed by atoms with Gasteiger partial charge in [-0.15, -0.1) is 0 Å². The van der Waals surface area contributed by atoms with Crippen molar-refractivity contribution in [2.75, 3.05) is 6.54 Å². The van der Waals surface area contributed by atoms with E-state index in [0.717, 1.165) is 0 Å². The summed E-state index contributed by atoms with van der Waals surface area (Å²) in [7, 11) is 0.